The third kappa shape index (κ3) is 3.97. The monoisotopic (exact) mass is 412 g/mol. The summed E-state index contributed by atoms with van der Waals surface area (Å²) in [7, 11) is 0. The van der Waals surface area contributed by atoms with Crippen molar-refractivity contribution < 1.29 is 23.1 Å². The smallest absolute Gasteiger partial charge is 0.379 e. The molecule has 0 radical (unpaired) electrons. The van der Waals surface area contributed by atoms with Gasteiger partial charge in [0.15, 0.2) is 0 Å². The fourth-order valence-electron chi connectivity index (χ4n) is 3.21. The molecule has 8 heteroatoms. The van der Waals surface area contributed by atoms with E-state index < -0.39 is 11.8 Å². The lowest BCUT2D eigenvalue weighted by Gasteiger charge is -2.13. The van der Waals surface area contributed by atoms with Crippen molar-refractivity contribution in [2.24, 2.45) is 5.10 Å². The summed E-state index contributed by atoms with van der Waals surface area (Å²) in [5.74, 6) is -0.410. The number of amides is 1. The number of ether oxygens (including phenoxy) is 1. The van der Waals surface area contributed by atoms with Crippen LogP contribution in [0, 0.1) is 12.7 Å². The molecule has 0 spiro atoms. The molecule has 1 aliphatic carbocycles. The number of nitrogens with one attached hydrogen (secondary N) is 1. The highest BCUT2D eigenvalue weighted by molar-refractivity contribution is 7.12. The molecule has 2 aromatic heterocycles. The number of hydrazone groups is 1. The van der Waals surface area contributed by atoms with Gasteiger partial charge in [0.1, 0.15) is 17.3 Å². The van der Waals surface area contributed by atoms with Gasteiger partial charge in [-0.3, -0.25) is 4.79 Å². The highest BCUT2D eigenvalue weighted by Gasteiger charge is 2.29. The van der Waals surface area contributed by atoms with Crippen LogP contribution in [0.1, 0.15) is 50.0 Å². The van der Waals surface area contributed by atoms with E-state index in [1.165, 1.54) is 35.6 Å². The van der Waals surface area contributed by atoms with E-state index in [0.717, 1.165) is 12.0 Å². The first-order valence-corrected chi connectivity index (χ1v) is 9.91. The van der Waals surface area contributed by atoms with Gasteiger partial charge in [-0.2, -0.15) is 5.10 Å². The Morgan fingerprint density at radius 3 is 2.72 bits per heavy atom. The highest BCUT2D eigenvalue weighted by atomic mass is 32.1. The summed E-state index contributed by atoms with van der Waals surface area (Å²) in [6.07, 6.45) is 2.11. The van der Waals surface area contributed by atoms with Gasteiger partial charge in [-0.1, -0.05) is 6.07 Å². The maximum absolute atomic E-state index is 13.0. The van der Waals surface area contributed by atoms with E-state index in [4.69, 9.17) is 9.15 Å². The predicted octanol–water partition coefficient (Wildman–Crippen LogP) is 4.48. The van der Waals surface area contributed by atoms with Gasteiger partial charge in [-0.25, -0.2) is 14.6 Å². The predicted molar refractivity (Wildman–Crippen MR) is 106 cm³/mol. The Balaban J connectivity index is 1.57. The second-order valence-electron chi connectivity index (χ2n) is 6.53. The molecule has 0 saturated carbocycles. The molecule has 4 rings (SSSR count). The van der Waals surface area contributed by atoms with Crippen molar-refractivity contribution in [2.45, 2.75) is 26.2 Å². The fraction of sp³-hybridized carbons (Fsp3) is 0.190. The Bertz CT molecular complexity index is 1080. The molecule has 29 heavy (non-hydrogen) atoms. The lowest BCUT2D eigenvalue weighted by atomic mass is 9.93. The number of thiophene rings is 1. The molecule has 0 bridgehead atoms. The maximum Gasteiger partial charge on any atom is 0.379 e. The normalized spacial score (nSPS) is 14.5. The number of benzene rings is 1. The Morgan fingerprint density at radius 2 is 2.00 bits per heavy atom. The minimum Gasteiger partial charge on any atom is -0.453 e. The zero-order valence-corrected chi connectivity index (χ0v) is 16.3. The number of hydrogen-bond donors (Lipinski definition) is 1. The summed E-state index contributed by atoms with van der Waals surface area (Å²) in [5.41, 5.74) is 4.58. The van der Waals surface area contributed by atoms with Gasteiger partial charge in [0.25, 0.3) is 5.91 Å². The van der Waals surface area contributed by atoms with Crippen LogP contribution in [0.15, 0.2) is 51.3 Å². The van der Waals surface area contributed by atoms with Crippen molar-refractivity contribution in [1.29, 1.82) is 0 Å². The summed E-state index contributed by atoms with van der Waals surface area (Å²) in [5, 5.41) is 6.10. The van der Waals surface area contributed by atoms with Crippen LogP contribution in [0.3, 0.4) is 0 Å². The van der Waals surface area contributed by atoms with Crippen LogP contribution in [-0.2, 0) is 6.42 Å². The van der Waals surface area contributed by atoms with Crippen LogP contribution in [-0.4, -0.2) is 17.6 Å². The van der Waals surface area contributed by atoms with Crippen molar-refractivity contribution >= 4 is 28.9 Å². The number of esters is 1. The van der Waals surface area contributed by atoms with Crippen LogP contribution < -0.4 is 10.2 Å². The first kappa shape index (κ1) is 19.1. The number of fused-ring (bicyclic) bond motifs is 1. The highest BCUT2D eigenvalue weighted by Crippen LogP contribution is 2.30. The van der Waals surface area contributed by atoms with Crippen molar-refractivity contribution in [3.05, 3.63) is 75.1 Å². The largest absolute Gasteiger partial charge is 0.453 e. The molecule has 1 amide bonds. The summed E-state index contributed by atoms with van der Waals surface area (Å²) < 4.78 is 24.1. The molecule has 1 aliphatic rings. The van der Waals surface area contributed by atoms with Crippen LogP contribution in [0.5, 0.6) is 5.75 Å². The number of hydrogen-bond acceptors (Lipinski definition) is 6. The van der Waals surface area contributed by atoms with E-state index in [1.807, 2.05) is 5.38 Å². The number of carbonyl (C=O) groups is 2. The van der Waals surface area contributed by atoms with Crippen LogP contribution in [0.4, 0.5) is 4.39 Å². The zero-order valence-electron chi connectivity index (χ0n) is 15.5. The van der Waals surface area contributed by atoms with Gasteiger partial charge in [-0.15, -0.1) is 11.3 Å². The first-order chi connectivity index (χ1) is 14.0. The van der Waals surface area contributed by atoms with E-state index in [-0.39, 0.29) is 17.4 Å². The molecular weight excluding hydrogens is 395 g/mol. The Labute approximate surface area is 170 Å². The number of halogens is 1. The number of furan rings is 1. The lowest BCUT2D eigenvalue weighted by molar-refractivity contribution is 0.0698. The molecule has 3 aromatic rings. The van der Waals surface area contributed by atoms with Crippen molar-refractivity contribution in [1.82, 2.24) is 5.43 Å². The second-order valence-corrected chi connectivity index (χ2v) is 7.48. The quantitative estimate of drug-likeness (QED) is 0.389. The zero-order chi connectivity index (χ0) is 20.4. The molecule has 6 nitrogen and oxygen atoms in total. The first-order valence-electron chi connectivity index (χ1n) is 9.03. The SMILES string of the molecule is Cc1c(C(=O)Oc2ccc(F)cc2)oc2c1/C(=N/NC(=O)c1cccs1)CCC2. The van der Waals surface area contributed by atoms with E-state index in [2.05, 4.69) is 10.5 Å². The minimum absolute atomic E-state index is 0.0820. The van der Waals surface area contributed by atoms with E-state index in [9.17, 15) is 14.0 Å². The Morgan fingerprint density at radius 1 is 1.21 bits per heavy atom. The van der Waals surface area contributed by atoms with Crippen LogP contribution in [0.2, 0.25) is 0 Å². The van der Waals surface area contributed by atoms with Gasteiger partial charge < -0.3 is 9.15 Å². The standard InChI is InChI=1S/C21H17FN2O4S/c1-12-18-15(23-24-20(25)17-6-3-11-29-17)4-2-5-16(18)28-19(12)21(26)27-14-9-7-13(22)8-10-14/h3,6-11H,2,4-5H2,1H3,(H,24,25)/b23-15+. The molecule has 0 aliphatic heterocycles. The topological polar surface area (TPSA) is 80.9 Å². The third-order valence-electron chi connectivity index (χ3n) is 4.57. The molecule has 1 aromatic carbocycles. The molecule has 0 atom stereocenters. The summed E-state index contributed by atoms with van der Waals surface area (Å²) in [6.45, 7) is 1.76. The second kappa shape index (κ2) is 8.00. The molecule has 2 heterocycles. The van der Waals surface area contributed by atoms with Gasteiger partial charge in [-0.05, 0) is 55.5 Å². The number of rotatable bonds is 4. The molecule has 0 unspecified atom stereocenters. The van der Waals surface area contributed by atoms with Crippen molar-refractivity contribution in [3.8, 4) is 5.75 Å². The van der Waals surface area contributed by atoms with Crippen LogP contribution >= 0.6 is 11.3 Å². The van der Waals surface area contributed by atoms with Crippen LogP contribution in [0.25, 0.3) is 0 Å². The molecule has 0 fully saturated rings. The van der Waals surface area contributed by atoms with Crippen molar-refractivity contribution in [3.63, 3.8) is 0 Å². The summed E-state index contributed by atoms with van der Waals surface area (Å²) >= 11 is 1.33. The average Bonchev–Trinajstić information content (AvgIpc) is 3.37. The minimum atomic E-state index is -0.662. The molecule has 1 N–H and O–H groups in total. The van der Waals surface area contributed by atoms with Crippen molar-refractivity contribution in [2.75, 3.05) is 0 Å². The fourth-order valence-corrected chi connectivity index (χ4v) is 3.83. The Hall–Kier alpha value is -3.26. The van der Waals surface area contributed by atoms with E-state index in [0.29, 0.717) is 34.8 Å². The van der Waals surface area contributed by atoms with E-state index >= 15 is 0 Å². The number of aryl methyl sites for hydroxylation is 1. The lowest BCUT2D eigenvalue weighted by Crippen LogP contribution is -2.21. The van der Waals surface area contributed by atoms with Gasteiger partial charge in [0.2, 0.25) is 5.76 Å². The third-order valence-corrected chi connectivity index (χ3v) is 5.44. The molecule has 0 saturated heterocycles. The average molecular weight is 412 g/mol. The maximum atomic E-state index is 13.0. The molecular formula is C21H17FN2O4S. The van der Waals surface area contributed by atoms with E-state index in [1.54, 1.807) is 19.1 Å². The van der Waals surface area contributed by atoms with Gasteiger partial charge in [0.05, 0.1) is 10.6 Å². The summed E-state index contributed by atoms with van der Waals surface area (Å²) in [6, 6.07) is 8.69. The van der Waals surface area contributed by atoms with Gasteiger partial charge in [0, 0.05) is 17.5 Å². The Kier molecular flexibility index (Phi) is 5.26. The number of carbonyl (C=O) groups excluding carboxylic acids is 2. The van der Waals surface area contributed by atoms with Gasteiger partial charge >= 0.3 is 5.97 Å². The molecule has 148 valence electrons. The number of nitrogens with zero attached hydrogens (tertiary/aromatic N) is 1. The summed E-state index contributed by atoms with van der Waals surface area (Å²) in [4.78, 5) is 25.3.